The Morgan fingerprint density at radius 1 is 0.881 bits per heavy atom. The number of carbonyl (C=O) groups excluding carboxylic acids is 2. The van der Waals surface area contributed by atoms with Crippen molar-refractivity contribution in [3.05, 3.63) is 82.3 Å². The van der Waals surface area contributed by atoms with Gasteiger partial charge in [-0.05, 0) is 66.9 Å². The molecule has 0 spiro atoms. The predicted molar refractivity (Wildman–Crippen MR) is 165 cm³/mol. The van der Waals surface area contributed by atoms with Crippen LogP contribution in [-0.4, -0.2) is 58.5 Å². The molecule has 0 fully saturated rings. The molecule has 0 aliphatic rings. The lowest BCUT2D eigenvalue weighted by Gasteiger charge is -2.32. The van der Waals surface area contributed by atoms with Crippen molar-refractivity contribution >= 4 is 50.7 Å². The summed E-state index contributed by atoms with van der Waals surface area (Å²) < 4.78 is 39.7. The number of nitrogens with zero attached hydrogens (tertiary/aromatic N) is 2. The Bertz CT molecular complexity index is 1500. The van der Waals surface area contributed by atoms with Crippen molar-refractivity contribution in [3.63, 3.8) is 0 Å². The lowest BCUT2D eigenvalue weighted by atomic mass is 10.1. The Labute approximate surface area is 257 Å². The highest BCUT2D eigenvalue weighted by Gasteiger charge is 2.33. The van der Waals surface area contributed by atoms with Crippen LogP contribution in [0.2, 0.25) is 10.0 Å². The fourth-order valence-electron chi connectivity index (χ4n) is 4.11. The average Bonchev–Trinajstić information content (AvgIpc) is 2.97. The molecule has 0 heterocycles. The maximum Gasteiger partial charge on any atom is 0.264 e. The van der Waals surface area contributed by atoms with Gasteiger partial charge in [0, 0.05) is 29.2 Å². The van der Waals surface area contributed by atoms with Crippen LogP contribution in [0, 0.1) is 5.92 Å². The van der Waals surface area contributed by atoms with Gasteiger partial charge in [0.1, 0.15) is 12.6 Å². The van der Waals surface area contributed by atoms with Gasteiger partial charge in [-0.25, -0.2) is 8.42 Å². The third-order valence-electron chi connectivity index (χ3n) is 6.43. The van der Waals surface area contributed by atoms with E-state index in [4.69, 9.17) is 32.7 Å². The zero-order chi connectivity index (χ0) is 31.0. The highest BCUT2D eigenvalue weighted by Crippen LogP contribution is 2.32. The zero-order valence-corrected chi connectivity index (χ0v) is 26.5. The Kier molecular flexibility index (Phi) is 11.5. The van der Waals surface area contributed by atoms with Gasteiger partial charge in [0.25, 0.3) is 10.0 Å². The number of ether oxygens (including phenoxy) is 2. The predicted octanol–water partition coefficient (Wildman–Crippen LogP) is 5.40. The van der Waals surface area contributed by atoms with E-state index in [2.05, 4.69) is 5.32 Å². The molecule has 42 heavy (non-hydrogen) atoms. The van der Waals surface area contributed by atoms with Crippen LogP contribution in [0.15, 0.2) is 71.6 Å². The smallest absolute Gasteiger partial charge is 0.264 e. The minimum atomic E-state index is -4.31. The number of methoxy groups -OCH3 is 2. The summed E-state index contributed by atoms with van der Waals surface area (Å²) in [6.45, 7) is 5.38. The van der Waals surface area contributed by atoms with Crippen LogP contribution in [-0.2, 0) is 26.2 Å². The summed E-state index contributed by atoms with van der Waals surface area (Å²) in [5.41, 5.74) is 0.891. The monoisotopic (exact) mass is 635 g/mol. The molecule has 0 aromatic heterocycles. The molecule has 1 atom stereocenters. The molecule has 0 saturated carbocycles. The van der Waals surface area contributed by atoms with E-state index in [1.165, 1.54) is 61.6 Å². The van der Waals surface area contributed by atoms with Gasteiger partial charge < -0.3 is 19.7 Å². The van der Waals surface area contributed by atoms with Crippen LogP contribution in [0.5, 0.6) is 11.5 Å². The van der Waals surface area contributed by atoms with Crippen LogP contribution in [0.4, 0.5) is 5.69 Å². The van der Waals surface area contributed by atoms with Gasteiger partial charge in [0.2, 0.25) is 11.8 Å². The fraction of sp³-hybridized carbons (Fsp3) is 0.333. The minimum absolute atomic E-state index is 0.0283. The molecule has 9 nitrogen and oxygen atoms in total. The van der Waals surface area contributed by atoms with Gasteiger partial charge in [-0.1, -0.05) is 49.2 Å². The van der Waals surface area contributed by atoms with Crippen molar-refractivity contribution in [3.8, 4) is 11.5 Å². The number of anilines is 1. The van der Waals surface area contributed by atoms with Crippen LogP contribution in [0.3, 0.4) is 0 Å². The van der Waals surface area contributed by atoms with E-state index in [0.29, 0.717) is 27.9 Å². The third kappa shape index (κ3) is 8.30. The molecular formula is C30H35Cl2N3O6S. The molecule has 0 aliphatic heterocycles. The number of carbonyl (C=O) groups is 2. The minimum Gasteiger partial charge on any atom is -0.493 e. The second kappa shape index (κ2) is 14.6. The van der Waals surface area contributed by atoms with Gasteiger partial charge in [-0.15, -0.1) is 0 Å². The fourth-order valence-corrected chi connectivity index (χ4v) is 5.88. The Morgan fingerprint density at radius 2 is 1.55 bits per heavy atom. The first kappa shape index (κ1) is 33.0. The highest BCUT2D eigenvalue weighted by molar-refractivity contribution is 7.92. The normalized spacial score (nSPS) is 12.0. The van der Waals surface area contributed by atoms with Crippen molar-refractivity contribution < 1.29 is 27.5 Å². The van der Waals surface area contributed by atoms with E-state index in [1.807, 2.05) is 13.8 Å². The van der Waals surface area contributed by atoms with Gasteiger partial charge in [-0.2, -0.15) is 0 Å². The van der Waals surface area contributed by atoms with Crippen LogP contribution in [0.1, 0.15) is 26.3 Å². The standard InChI is InChI=1S/C30H35Cl2N3O6S/c1-20(2)17-33-30(37)21(3)34(18-22-7-6-8-24(32)15-22)29(36)19-35(25-11-9-23(31)10-12-25)42(38,39)26-13-14-27(40-4)28(16-26)41-5/h6-16,20-21H,17-19H2,1-5H3,(H,33,37)/t21-/m0/s1. The summed E-state index contributed by atoms with van der Waals surface area (Å²) in [5.74, 6) is -0.204. The van der Waals surface area contributed by atoms with Gasteiger partial charge in [-0.3, -0.25) is 13.9 Å². The molecule has 0 saturated heterocycles. The lowest BCUT2D eigenvalue weighted by molar-refractivity contribution is -0.139. The molecule has 0 unspecified atom stereocenters. The third-order valence-corrected chi connectivity index (χ3v) is 8.69. The molecule has 0 aliphatic carbocycles. The largest absolute Gasteiger partial charge is 0.493 e. The molecule has 226 valence electrons. The number of amides is 2. The highest BCUT2D eigenvalue weighted by atomic mass is 35.5. The molecule has 2 amide bonds. The van der Waals surface area contributed by atoms with Crippen LogP contribution < -0.4 is 19.1 Å². The first-order valence-electron chi connectivity index (χ1n) is 13.2. The van der Waals surface area contributed by atoms with E-state index in [9.17, 15) is 18.0 Å². The summed E-state index contributed by atoms with van der Waals surface area (Å²) in [6, 6.07) is 16.3. The number of benzene rings is 3. The Morgan fingerprint density at radius 3 is 2.14 bits per heavy atom. The first-order valence-corrected chi connectivity index (χ1v) is 15.4. The number of nitrogens with one attached hydrogen (secondary N) is 1. The van der Waals surface area contributed by atoms with E-state index in [-0.39, 0.29) is 34.7 Å². The maximum absolute atomic E-state index is 14.1. The van der Waals surface area contributed by atoms with Crippen molar-refractivity contribution in [2.75, 3.05) is 31.6 Å². The van der Waals surface area contributed by atoms with E-state index in [0.717, 1.165) is 4.31 Å². The number of rotatable bonds is 13. The summed E-state index contributed by atoms with van der Waals surface area (Å²) in [6.07, 6.45) is 0. The number of hydrogen-bond donors (Lipinski definition) is 1. The molecule has 0 bridgehead atoms. The van der Waals surface area contributed by atoms with Gasteiger partial charge >= 0.3 is 0 Å². The van der Waals surface area contributed by atoms with Crippen molar-refractivity contribution in [1.82, 2.24) is 10.2 Å². The molecule has 12 heteroatoms. The zero-order valence-electron chi connectivity index (χ0n) is 24.1. The molecule has 3 aromatic rings. The summed E-state index contributed by atoms with van der Waals surface area (Å²) in [7, 11) is -1.48. The number of halogens is 2. The molecular weight excluding hydrogens is 601 g/mol. The van der Waals surface area contributed by atoms with E-state index < -0.39 is 28.5 Å². The number of sulfonamides is 1. The van der Waals surface area contributed by atoms with Crippen molar-refractivity contribution in [1.29, 1.82) is 0 Å². The SMILES string of the molecule is COc1ccc(S(=O)(=O)N(CC(=O)N(Cc2cccc(Cl)c2)[C@@H](C)C(=O)NCC(C)C)c2ccc(Cl)cc2)cc1OC. The van der Waals surface area contributed by atoms with E-state index in [1.54, 1.807) is 31.2 Å². The van der Waals surface area contributed by atoms with Crippen LogP contribution >= 0.6 is 23.2 Å². The topological polar surface area (TPSA) is 105 Å². The summed E-state index contributed by atoms with van der Waals surface area (Å²) in [4.78, 5) is 28.3. The molecule has 1 N–H and O–H groups in total. The maximum atomic E-state index is 14.1. The van der Waals surface area contributed by atoms with Crippen molar-refractivity contribution in [2.45, 2.75) is 38.3 Å². The van der Waals surface area contributed by atoms with Crippen molar-refractivity contribution in [2.24, 2.45) is 5.92 Å². The van der Waals surface area contributed by atoms with Gasteiger partial charge in [0.05, 0.1) is 24.8 Å². The lowest BCUT2D eigenvalue weighted by Crippen LogP contribution is -2.51. The van der Waals surface area contributed by atoms with E-state index >= 15 is 0 Å². The quantitative estimate of drug-likeness (QED) is 0.270. The molecule has 0 radical (unpaired) electrons. The molecule has 3 rings (SSSR count). The molecule has 3 aromatic carbocycles. The summed E-state index contributed by atoms with van der Waals surface area (Å²) >= 11 is 12.3. The first-order chi connectivity index (χ1) is 19.9. The Hall–Kier alpha value is -3.47. The van der Waals surface area contributed by atoms with Gasteiger partial charge in [0.15, 0.2) is 11.5 Å². The number of hydrogen-bond acceptors (Lipinski definition) is 6. The van der Waals surface area contributed by atoms with Crippen LogP contribution in [0.25, 0.3) is 0 Å². The summed E-state index contributed by atoms with van der Waals surface area (Å²) in [5, 5.41) is 3.72. The average molecular weight is 637 g/mol. The second-order valence-corrected chi connectivity index (χ2v) is 12.7. The second-order valence-electron chi connectivity index (χ2n) is 9.97. The Balaban J connectivity index is 2.05.